The summed E-state index contributed by atoms with van der Waals surface area (Å²) < 4.78 is 5.16. The maximum absolute atomic E-state index is 12.1. The van der Waals surface area contributed by atoms with Gasteiger partial charge in [-0.25, -0.2) is 0 Å². The third-order valence-corrected chi connectivity index (χ3v) is 3.91. The smallest absolute Gasteiger partial charge is 0.238 e. The van der Waals surface area contributed by atoms with E-state index < -0.39 is 0 Å². The zero-order valence-corrected chi connectivity index (χ0v) is 13.2. The zero-order valence-electron chi connectivity index (χ0n) is 12.5. The van der Waals surface area contributed by atoms with Gasteiger partial charge in [-0.15, -0.1) is 0 Å². The standard InChI is InChI=1S/C15H22ClN3O2/c1-3-18-15(20)13-9-17-6-7-19(13)10-11-4-5-14(21-2)12(16)8-11/h4-5,8,13,17H,3,6-7,9-10H2,1-2H3,(H,18,20). The predicted molar refractivity (Wildman–Crippen MR) is 83.8 cm³/mol. The van der Waals surface area contributed by atoms with E-state index >= 15 is 0 Å². The molecule has 0 aromatic heterocycles. The highest BCUT2D eigenvalue weighted by atomic mass is 35.5. The number of hydrogen-bond donors (Lipinski definition) is 2. The van der Waals surface area contributed by atoms with Crippen LogP contribution in [0.3, 0.4) is 0 Å². The molecule has 1 aliphatic rings. The summed E-state index contributed by atoms with van der Waals surface area (Å²) in [7, 11) is 1.60. The summed E-state index contributed by atoms with van der Waals surface area (Å²) in [5, 5.41) is 6.76. The van der Waals surface area contributed by atoms with Crippen molar-refractivity contribution in [2.45, 2.75) is 19.5 Å². The molecule has 0 radical (unpaired) electrons. The summed E-state index contributed by atoms with van der Waals surface area (Å²) in [4.78, 5) is 14.3. The topological polar surface area (TPSA) is 53.6 Å². The molecular formula is C15H22ClN3O2. The van der Waals surface area contributed by atoms with Crippen LogP contribution in [0.5, 0.6) is 5.75 Å². The number of nitrogens with one attached hydrogen (secondary N) is 2. The number of hydrogen-bond acceptors (Lipinski definition) is 4. The van der Waals surface area contributed by atoms with Crippen LogP contribution in [-0.2, 0) is 11.3 Å². The first-order chi connectivity index (χ1) is 10.2. The first-order valence-corrected chi connectivity index (χ1v) is 7.58. The van der Waals surface area contributed by atoms with Gasteiger partial charge in [0.25, 0.3) is 0 Å². The fourth-order valence-electron chi connectivity index (χ4n) is 2.53. The summed E-state index contributed by atoms with van der Waals surface area (Å²) in [5.74, 6) is 0.741. The summed E-state index contributed by atoms with van der Waals surface area (Å²) in [6, 6.07) is 5.61. The third-order valence-electron chi connectivity index (χ3n) is 3.61. The van der Waals surface area contributed by atoms with Crippen LogP contribution in [0.4, 0.5) is 0 Å². The average molecular weight is 312 g/mol. The van der Waals surface area contributed by atoms with Gasteiger partial charge in [-0.05, 0) is 24.6 Å². The van der Waals surface area contributed by atoms with E-state index in [2.05, 4.69) is 15.5 Å². The van der Waals surface area contributed by atoms with E-state index in [0.29, 0.717) is 30.4 Å². The first kappa shape index (κ1) is 16.1. The molecule has 1 amide bonds. The SMILES string of the molecule is CCNC(=O)C1CNCCN1Cc1ccc(OC)c(Cl)c1. The molecule has 0 aliphatic carbocycles. The summed E-state index contributed by atoms with van der Waals surface area (Å²) in [5.41, 5.74) is 1.08. The van der Waals surface area contributed by atoms with Crippen LogP contribution in [0.1, 0.15) is 12.5 Å². The third kappa shape index (κ3) is 4.09. The van der Waals surface area contributed by atoms with E-state index in [1.165, 1.54) is 0 Å². The Labute approximate surface area is 130 Å². The van der Waals surface area contributed by atoms with Crippen molar-refractivity contribution in [2.75, 3.05) is 33.3 Å². The molecule has 0 bridgehead atoms. The zero-order chi connectivity index (χ0) is 15.2. The summed E-state index contributed by atoms with van der Waals surface area (Å²) in [6.45, 7) is 5.69. The fourth-order valence-corrected chi connectivity index (χ4v) is 2.81. The Hall–Kier alpha value is -1.30. The lowest BCUT2D eigenvalue weighted by Gasteiger charge is -2.35. The maximum Gasteiger partial charge on any atom is 0.238 e. The van der Waals surface area contributed by atoms with Gasteiger partial charge < -0.3 is 15.4 Å². The molecular weight excluding hydrogens is 290 g/mol. The lowest BCUT2D eigenvalue weighted by atomic mass is 10.1. The van der Waals surface area contributed by atoms with Crippen LogP contribution in [0.2, 0.25) is 5.02 Å². The number of halogens is 1. The van der Waals surface area contributed by atoms with Gasteiger partial charge in [0.2, 0.25) is 5.91 Å². The predicted octanol–water partition coefficient (Wildman–Crippen LogP) is 1.26. The van der Waals surface area contributed by atoms with Crippen molar-refractivity contribution >= 4 is 17.5 Å². The van der Waals surface area contributed by atoms with Crippen LogP contribution in [0, 0.1) is 0 Å². The number of likely N-dealkylation sites (N-methyl/N-ethyl adjacent to an activating group) is 1. The molecule has 1 fully saturated rings. The molecule has 0 saturated carbocycles. The second-order valence-corrected chi connectivity index (χ2v) is 5.46. The van der Waals surface area contributed by atoms with E-state index in [4.69, 9.17) is 16.3 Å². The molecule has 6 heteroatoms. The molecule has 5 nitrogen and oxygen atoms in total. The van der Waals surface area contributed by atoms with Crippen LogP contribution < -0.4 is 15.4 Å². The number of ether oxygens (including phenoxy) is 1. The van der Waals surface area contributed by atoms with Gasteiger partial charge in [0.15, 0.2) is 0 Å². The van der Waals surface area contributed by atoms with Gasteiger partial charge in [-0.3, -0.25) is 9.69 Å². The highest BCUT2D eigenvalue weighted by molar-refractivity contribution is 6.32. The van der Waals surface area contributed by atoms with Gasteiger partial charge in [-0.1, -0.05) is 17.7 Å². The highest BCUT2D eigenvalue weighted by Gasteiger charge is 2.28. The van der Waals surface area contributed by atoms with Crippen LogP contribution in [0.25, 0.3) is 0 Å². The monoisotopic (exact) mass is 311 g/mol. The highest BCUT2D eigenvalue weighted by Crippen LogP contribution is 2.25. The molecule has 0 spiro atoms. The second-order valence-electron chi connectivity index (χ2n) is 5.05. The quantitative estimate of drug-likeness (QED) is 0.859. The molecule has 116 valence electrons. The number of benzene rings is 1. The number of carbonyl (C=O) groups is 1. The van der Waals surface area contributed by atoms with Crippen molar-refractivity contribution in [1.82, 2.24) is 15.5 Å². The summed E-state index contributed by atoms with van der Waals surface area (Å²) >= 11 is 6.16. The van der Waals surface area contributed by atoms with Gasteiger partial charge in [0.1, 0.15) is 11.8 Å². The maximum atomic E-state index is 12.1. The van der Waals surface area contributed by atoms with Crippen molar-refractivity contribution < 1.29 is 9.53 Å². The van der Waals surface area contributed by atoms with E-state index in [9.17, 15) is 4.79 Å². The van der Waals surface area contributed by atoms with Crippen molar-refractivity contribution in [2.24, 2.45) is 0 Å². The molecule has 1 saturated heterocycles. The van der Waals surface area contributed by atoms with Crippen molar-refractivity contribution in [1.29, 1.82) is 0 Å². The average Bonchev–Trinajstić information content (AvgIpc) is 2.48. The molecule has 2 rings (SSSR count). The Kier molecular flexibility index (Phi) is 5.85. The van der Waals surface area contributed by atoms with E-state index in [1.54, 1.807) is 7.11 Å². The molecule has 2 N–H and O–H groups in total. The molecule has 21 heavy (non-hydrogen) atoms. The lowest BCUT2D eigenvalue weighted by Crippen LogP contribution is -2.57. The van der Waals surface area contributed by atoms with E-state index in [-0.39, 0.29) is 11.9 Å². The van der Waals surface area contributed by atoms with Crippen LogP contribution >= 0.6 is 11.6 Å². The molecule has 1 aromatic carbocycles. The number of methoxy groups -OCH3 is 1. The minimum Gasteiger partial charge on any atom is -0.495 e. The van der Waals surface area contributed by atoms with Gasteiger partial charge in [0.05, 0.1) is 12.1 Å². The van der Waals surface area contributed by atoms with Gasteiger partial charge in [-0.2, -0.15) is 0 Å². The Morgan fingerprint density at radius 2 is 2.38 bits per heavy atom. The number of rotatable bonds is 5. The van der Waals surface area contributed by atoms with Crippen molar-refractivity contribution in [3.63, 3.8) is 0 Å². The van der Waals surface area contributed by atoms with Crippen molar-refractivity contribution in [3.05, 3.63) is 28.8 Å². The van der Waals surface area contributed by atoms with Crippen LogP contribution in [-0.4, -0.2) is 50.1 Å². The fraction of sp³-hybridized carbons (Fsp3) is 0.533. The Morgan fingerprint density at radius 1 is 1.57 bits per heavy atom. The normalized spacial score (nSPS) is 19.3. The molecule has 1 aromatic rings. The van der Waals surface area contributed by atoms with Crippen LogP contribution in [0.15, 0.2) is 18.2 Å². The van der Waals surface area contributed by atoms with Crippen molar-refractivity contribution in [3.8, 4) is 5.75 Å². The minimum absolute atomic E-state index is 0.0734. The van der Waals surface area contributed by atoms with E-state index in [1.807, 2.05) is 25.1 Å². The Balaban J connectivity index is 2.08. The molecule has 1 heterocycles. The number of piperazine rings is 1. The largest absolute Gasteiger partial charge is 0.495 e. The van der Waals surface area contributed by atoms with Gasteiger partial charge in [0, 0.05) is 32.7 Å². The minimum atomic E-state index is -0.139. The number of amides is 1. The molecule has 1 unspecified atom stereocenters. The van der Waals surface area contributed by atoms with E-state index in [0.717, 1.165) is 18.7 Å². The number of carbonyl (C=O) groups excluding carboxylic acids is 1. The lowest BCUT2D eigenvalue weighted by molar-refractivity contribution is -0.127. The Bertz CT molecular complexity index is 496. The molecule has 1 aliphatic heterocycles. The summed E-state index contributed by atoms with van der Waals surface area (Å²) in [6.07, 6.45) is 0. The Morgan fingerprint density at radius 3 is 3.05 bits per heavy atom. The molecule has 1 atom stereocenters. The number of nitrogens with zero attached hydrogens (tertiary/aromatic N) is 1. The second kappa shape index (κ2) is 7.64. The first-order valence-electron chi connectivity index (χ1n) is 7.20. The van der Waals surface area contributed by atoms with Gasteiger partial charge >= 0.3 is 0 Å².